The molecule has 1 fully saturated rings. The summed E-state index contributed by atoms with van der Waals surface area (Å²) >= 11 is 0. The lowest BCUT2D eigenvalue weighted by Crippen LogP contribution is -2.43. The number of alkyl halides is 3. The van der Waals surface area contributed by atoms with Crippen LogP contribution < -0.4 is 5.32 Å². The fourth-order valence-corrected chi connectivity index (χ4v) is 1.53. The molecule has 17 heavy (non-hydrogen) atoms. The van der Waals surface area contributed by atoms with Crippen LogP contribution in [0.1, 0.15) is 12.8 Å². The molecule has 1 saturated heterocycles. The first kappa shape index (κ1) is 13.8. The number of oxime groups is 1. The van der Waals surface area contributed by atoms with E-state index in [4.69, 9.17) is 5.21 Å². The number of hydrogen-bond acceptors (Lipinski definition) is 4. The molecule has 1 aliphatic rings. The van der Waals surface area contributed by atoms with E-state index in [1.165, 1.54) is 0 Å². The topological polar surface area (TPSA) is 64.9 Å². The van der Waals surface area contributed by atoms with Gasteiger partial charge in [-0.15, -0.1) is 0 Å². The third kappa shape index (κ3) is 5.53. The van der Waals surface area contributed by atoms with E-state index in [1.54, 1.807) is 4.90 Å². The zero-order valence-electron chi connectivity index (χ0n) is 9.13. The van der Waals surface area contributed by atoms with E-state index in [2.05, 4.69) is 5.16 Å². The van der Waals surface area contributed by atoms with E-state index >= 15 is 0 Å². The van der Waals surface area contributed by atoms with Crippen LogP contribution in [0.2, 0.25) is 0 Å². The van der Waals surface area contributed by atoms with Crippen LogP contribution in [0.25, 0.3) is 0 Å². The SMILES string of the molecule is O=C(CN1CCC(=NO)CC1)NCC(F)(F)F. The maximum atomic E-state index is 11.8. The number of hydrogen-bond donors (Lipinski definition) is 2. The Balaban J connectivity index is 2.24. The summed E-state index contributed by atoms with van der Waals surface area (Å²) in [5.41, 5.74) is 0.650. The molecule has 0 spiro atoms. The maximum Gasteiger partial charge on any atom is 0.405 e. The average Bonchev–Trinajstić information content (AvgIpc) is 2.27. The van der Waals surface area contributed by atoms with Crippen molar-refractivity contribution in [2.24, 2.45) is 5.16 Å². The van der Waals surface area contributed by atoms with Crippen molar-refractivity contribution >= 4 is 11.6 Å². The van der Waals surface area contributed by atoms with Gasteiger partial charge >= 0.3 is 6.18 Å². The van der Waals surface area contributed by atoms with E-state index in [1.807, 2.05) is 5.32 Å². The van der Waals surface area contributed by atoms with Crippen molar-refractivity contribution in [3.05, 3.63) is 0 Å². The Morgan fingerprint density at radius 3 is 2.47 bits per heavy atom. The van der Waals surface area contributed by atoms with E-state index in [0.717, 1.165) is 0 Å². The second-order valence-electron chi connectivity index (χ2n) is 3.83. The normalized spacial score (nSPS) is 17.9. The summed E-state index contributed by atoms with van der Waals surface area (Å²) in [5.74, 6) is -0.647. The minimum atomic E-state index is -4.38. The molecule has 1 rings (SSSR count). The zero-order valence-corrected chi connectivity index (χ0v) is 9.13. The number of rotatable bonds is 3. The number of nitrogens with one attached hydrogen (secondary N) is 1. The lowest BCUT2D eigenvalue weighted by Gasteiger charge is -2.26. The van der Waals surface area contributed by atoms with Crippen molar-refractivity contribution in [1.82, 2.24) is 10.2 Å². The first-order valence-electron chi connectivity index (χ1n) is 5.16. The molecule has 0 atom stereocenters. The molecule has 0 aromatic rings. The Bertz CT molecular complexity index is 294. The third-order valence-corrected chi connectivity index (χ3v) is 2.43. The fraction of sp³-hybridized carbons (Fsp3) is 0.778. The smallest absolute Gasteiger partial charge is 0.405 e. The maximum absolute atomic E-state index is 11.8. The number of carbonyl (C=O) groups excluding carboxylic acids is 1. The number of carbonyl (C=O) groups is 1. The Morgan fingerprint density at radius 1 is 1.41 bits per heavy atom. The van der Waals surface area contributed by atoms with Gasteiger partial charge in [-0.1, -0.05) is 5.16 Å². The van der Waals surface area contributed by atoms with Crippen LogP contribution in [-0.2, 0) is 4.79 Å². The van der Waals surface area contributed by atoms with Crippen molar-refractivity contribution in [1.29, 1.82) is 0 Å². The first-order valence-corrected chi connectivity index (χ1v) is 5.16. The van der Waals surface area contributed by atoms with E-state index in [0.29, 0.717) is 31.6 Å². The van der Waals surface area contributed by atoms with Gasteiger partial charge in [0.05, 0.1) is 12.3 Å². The summed E-state index contributed by atoms with van der Waals surface area (Å²) in [6.45, 7) is -0.338. The first-order chi connectivity index (χ1) is 7.90. The van der Waals surface area contributed by atoms with E-state index in [9.17, 15) is 18.0 Å². The molecular formula is C9H14F3N3O2. The van der Waals surface area contributed by atoms with Crippen molar-refractivity contribution < 1.29 is 23.2 Å². The average molecular weight is 253 g/mol. The standard InChI is InChI=1S/C9H14F3N3O2/c10-9(11,12)6-13-8(16)5-15-3-1-7(14-17)2-4-15/h17H,1-6H2,(H,13,16). The molecular weight excluding hydrogens is 239 g/mol. The number of halogens is 3. The van der Waals surface area contributed by atoms with Gasteiger partial charge in [-0.25, -0.2) is 0 Å². The largest absolute Gasteiger partial charge is 0.411 e. The molecule has 0 aliphatic carbocycles. The molecule has 0 aromatic heterocycles. The monoisotopic (exact) mass is 253 g/mol. The van der Waals surface area contributed by atoms with Gasteiger partial charge in [0.15, 0.2) is 0 Å². The molecule has 0 unspecified atom stereocenters. The highest BCUT2D eigenvalue weighted by molar-refractivity contribution is 5.85. The molecule has 1 heterocycles. The van der Waals surface area contributed by atoms with Crippen molar-refractivity contribution in [2.45, 2.75) is 19.0 Å². The summed E-state index contributed by atoms with van der Waals surface area (Å²) in [7, 11) is 0. The molecule has 8 heteroatoms. The second kappa shape index (κ2) is 5.85. The summed E-state index contributed by atoms with van der Waals surface area (Å²) in [6.07, 6.45) is -3.32. The van der Waals surface area contributed by atoms with Crippen molar-refractivity contribution in [3.63, 3.8) is 0 Å². The van der Waals surface area contributed by atoms with Crippen molar-refractivity contribution in [3.8, 4) is 0 Å². The van der Waals surface area contributed by atoms with Gasteiger partial charge in [0.2, 0.25) is 5.91 Å². The highest BCUT2D eigenvalue weighted by Gasteiger charge is 2.28. The molecule has 0 radical (unpaired) electrons. The van der Waals surface area contributed by atoms with Gasteiger partial charge in [-0.05, 0) is 0 Å². The molecule has 2 N–H and O–H groups in total. The predicted molar refractivity (Wildman–Crippen MR) is 54.0 cm³/mol. The quantitative estimate of drug-likeness (QED) is 0.571. The van der Waals surface area contributed by atoms with Gasteiger partial charge in [0, 0.05) is 25.9 Å². The minimum absolute atomic E-state index is 0.0607. The van der Waals surface area contributed by atoms with Gasteiger partial charge < -0.3 is 10.5 Å². The Hall–Kier alpha value is -1.31. The Labute approximate surface area is 96.3 Å². The second-order valence-corrected chi connectivity index (χ2v) is 3.83. The van der Waals surface area contributed by atoms with Crippen molar-refractivity contribution in [2.75, 3.05) is 26.2 Å². The number of piperidine rings is 1. The molecule has 98 valence electrons. The molecule has 1 amide bonds. The number of amides is 1. The predicted octanol–water partition coefficient (Wildman–Crippen LogP) is 0.591. The van der Waals surface area contributed by atoms with Gasteiger partial charge in [-0.2, -0.15) is 13.2 Å². The number of nitrogens with zero attached hydrogens (tertiary/aromatic N) is 2. The van der Waals surface area contributed by atoms with Crippen LogP contribution in [0.15, 0.2) is 5.16 Å². The molecule has 1 aliphatic heterocycles. The third-order valence-electron chi connectivity index (χ3n) is 2.43. The summed E-state index contributed by atoms with van der Waals surface area (Å²) in [5, 5.41) is 13.4. The van der Waals surface area contributed by atoms with Crippen LogP contribution in [0.4, 0.5) is 13.2 Å². The molecule has 0 aromatic carbocycles. The van der Waals surface area contributed by atoms with Crippen LogP contribution in [0.5, 0.6) is 0 Å². The fourth-order valence-electron chi connectivity index (χ4n) is 1.53. The van der Waals surface area contributed by atoms with Crippen LogP contribution in [-0.4, -0.2) is 54.1 Å². The van der Waals surface area contributed by atoms with Gasteiger partial charge in [0.1, 0.15) is 6.54 Å². The summed E-state index contributed by atoms with van der Waals surface area (Å²) in [6, 6.07) is 0. The van der Waals surface area contributed by atoms with E-state index < -0.39 is 18.6 Å². The molecule has 5 nitrogen and oxygen atoms in total. The van der Waals surface area contributed by atoms with Gasteiger partial charge in [-0.3, -0.25) is 9.69 Å². The highest BCUT2D eigenvalue weighted by atomic mass is 19.4. The Morgan fingerprint density at radius 2 is 2.00 bits per heavy atom. The van der Waals surface area contributed by atoms with Crippen LogP contribution >= 0.6 is 0 Å². The van der Waals surface area contributed by atoms with Crippen LogP contribution in [0, 0.1) is 0 Å². The lowest BCUT2D eigenvalue weighted by atomic mass is 10.1. The summed E-state index contributed by atoms with van der Waals surface area (Å²) < 4.78 is 35.5. The number of likely N-dealkylation sites (tertiary alicyclic amines) is 1. The van der Waals surface area contributed by atoms with Gasteiger partial charge in [0.25, 0.3) is 0 Å². The molecule has 0 bridgehead atoms. The highest BCUT2D eigenvalue weighted by Crippen LogP contribution is 2.12. The van der Waals surface area contributed by atoms with Crippen LogP contribution in [0.3, 0.4) is 0 Å². The Kier molecular flexibility index (Phi) is 4.73. The zero-order chi connectivity index (χ0) is 12.9. The molecule has 0 saturated carbocycles. The van der Waals surface area contributed by atoms with E-state index in [-0.39, 0.29) is 6.54 Å². The lowest BCUT2D eigenvalue weighted by molar-refractivity contribution is -0.139. The minimum Gasteiger partial charge on any atom is -0.411 e. The summed E-state index contributed by atoms with van der Waals surface area (Å²) in [4.78, 5) is 12.9.